The van der Waals surface area contributed by atoms with E-state index >= 15 is 0 Å². The number of hydrogen-bond donors (Lipinski definition) is 2. The number of carbonyl (C=O) groups excluding carboxylic acids is 1. The number of nitrogens with one attached hydrogen (secondary N) is 1. The molecule has 1 atom stereocenters. The Kier molecular flexibility index (Phi) is 5.62. The van der Waals surface area contributed by atoms with Crippen molar-refractivity contribution >= 4 is 33.3 Å². The van der Waals surface area contributed by atoms with Crippen LogP contribution < -0.4 is 5.32 Å². The van der Waals surface area contributed by atoms with Crippen LogP contribution in [0.1, 0.15) is 33.8 Å². The van der Waals surface area contributed by atoms with Crippen LogP contribution in [0.15, 0.2) is 24.5 Å². The molecule has 2 N–H and O–H groups in total. The molecule has 0 fully saturated rings. The SMILES string of the molecule is CCOC(=O)c1sc2ncnc(NCC(O)c3c(F)cccc3F)c2c1C. The maximum atomic E-state index is 13.8. The van der Waals surface area contributed by atoms with E-state index in [-0.39, 0.29) is 13.2 Å². The molecule has 0 saturated carbocycles. The number of thiophene rings is 1. The van der Waals surface area contributed by atoms with Crippen molar-refractivity contribution in [2.45, 2.75) is 20.0 Å². The zero-order valence-corrected chi connectivity index (χ0v) is 15.4. The van der Waals surface area contributed by atoms with Crippen molar-refractivity contribution in [1.82, 2.24) is 9.97 Å². The minimum absolute atomic E-state index is 0.173. The summed E-state index contributed by atoms with van der Waals surface area (Å²) in [4.78, 5) is 21.3. The molecule has 3 aromatic rings. The van der Waals surface area contributed by atoms with Crippen LogP contribution in [0, 0.1) is 18.6 Å². The molecule has 6 nitrogen and oxygen atoms in total. The Morgan fingerprint density at radius 1 is 1.33 bits per heavy atom. The Balaban J connectivity index is 1.88. The Labute approximate surface area is 157 Å². The molecule has 0 aliphatic heterocycles. The van der Waals surface area contributed by atoms with Crippen molar-refractivity contribution in [2.24, 2.45) is 0 Å². The van der Waals surface area contributed by atoms with Gasteiger partial charge < -0.3 is 15.2 Å². The molecule has 2 aromatic heterocycles. The lowest BCUT2D eigenvalue weighted by molar-refractivity contribution is 0.0531. The van der Waals surface area contributed by atoms with Crippen LogP contribution in [0.5, 0.6) is 0 Å². The molecule has 1 unspecified atom stereocenters. The Morgan fingerprint density at radius 2 is 2.04 bits per heavy atom. The molecule has 9 heteroatoms. The number of halogens is 2. The van der Waals surface area contributed by atoms with E-state index in [0.29, 0.717) is 26.5 Å². The van der Waals surface area contributed by atoms with Gasteiger partial charge in [0.15, 0.2) is 0 Å². The highest BCUT2D eigenvalue weighted by Crippen LogP contribution is 2.34. The first-order valence-electron chi connectivity index (χ1n) is 8.21. The van der Waals surface area contributed by atoms with Crippen LogP contribution in [0.2, 0.25) is 0 Å². The van der Waals surface area contributed by atoms with Gasteiger partial charge in [-0.15, -0.1) is 11.3 Å². The van der Waals surface area contributed by atoms with Gasteiger partial charge in [-0.1, -0.05) is 6.07 Å². The highest BCUT2D eigenvalue weighted by atomic mass is 32.1. The molecule has 2 heterocycles. The molecule has 3 rings (SSSR count). The molecule has 0 aliphatic rings. The summed E-state index contributed by atoms with van der Waals surface area (Å²) in [7, 11) is 0. The minimum atomic E-state index is -1.42. The van der Waals surface area contributed by atoms with E-state index in [2.05, 4.69) is 15.3 Å². The van der Waals surface area contributed by atoms with Gasteiger partial charge >= 0.3 is 5.97 Å². The summed E-state index contributed by atoms with van der Waals surface area (Å²) in [6.07, 6.45) is -0.106. The molecule has 0 radical (unpaired) electrons. The summed E-state index contributed by atoms with van der Waals surface area (Å²) in [5.74, 6) is -1.74. The van der Waals surface area contributed by atoms with Gasteiger partial charge in [-0.25, -0.2) is 23.5 Å². The maximum absolute atomic E-state index is 13.8. The van der Waals surface area contributed by atoms with E-state index in [4.69, 9.17) is 4.74 Å². The second kappa shape index (κ2) is 7.93. The monoisotopic (exact) mass is 393 g/mol. The van der Waals surface area contributed by atoms with E-state index in [1.54, 1.807) is 13.8 Å². The van der Waals surface area contributed by atoms with Gasteiger partial charge in [0.2, 0.25) is 0 Å². The Bertz CT molecular complexity index is 973. The van der Waals surface area contributed by atoms with Crippen molar-refractivity contribution in [3.8, 4) is 0 Å². The van der Waals surface area contributed by atoms with E-state index < -0.39 is 29.3 Å². The van der Waals surface area contributed by atoms with Crippen LogP contribution >= 0.6 is 11.3 Å². The van der Waals surface area contributed by atoms with Gasteiger partial charge in [0.1, 0.15) is 39.6 Å². The summed E-state index contributed by atoms with van der Waals surface area (Å²) >= 11 is 1.17. The highest BCUT2D eigenvalue weighted by molar-refractivity contribution is 7.20. The number of aliphatic hydroxyl groups is 1. The number of anilines is 1. The molecule has 142 valence electrons. The number of benzene rings is 1. The van der Waals surface area contributed by atoms with E-state index in [1.807, 2.05) is 0 Å². The molecule has 1 aromatic carbocycles. The predicted molar refractivity (Wildman–Crippen MR) is 97.9 cm³/mol. The molecular weight excluding hydrogens is 376 g/mol. The van der Waals surface area contributed by atoms with Crippen LogP contribution in [-0.4, -0.2) is 34.2 Å². The minimum Gasteiger partial charge on any atom is -0.462 e. The second-order valence-electron chi connectivity index (χ2n) is 5.71. The van der Waals surface area contributed by atoms with E-state index in [0.717, 1.165) is 12.1 Å². The van der Waals surface area contributed by atoms with Gasteiger partial charge in [-0.2, -0.15) is 0 Å². The zero-order chi connectivity index (χ0) is 19.6. The normalized spacial score (nSPS) is 12.2. The fourth-order valence-electron chi connectivity index (χ4n) is 2.72. The number of ether oxygens (including phenoxy) is 1. The third kappa shape index (κ3) is 3.74. The summed E-state index contributed by atoms with van der Waals surface area (Å²) in [6, 6.07) is 3.40. The van der Waals surface area contributed by atoms with E-state index in [9.17, 15) is 18.7 Å². The quantitative estimate of drug-likeness (QED) is 0.623. The smallest absolute Gasteiger partial charge is 0.348 e. The lowest BCUT2D eigenvalue weighted by Crippen LogP contribution is -2.16. The zero-order valence-electron chi connectivity index (χ0n) is 14.6. The summed E-state index contributed by atoms with van der Waals surface area (Å²) < 4.78 is 32.7. The van der Waals surface area contributed by atoms with Gasteiger partial charge in [-0.05, 0) is 31.5 Å². The van der Waals surface area contributed by atoms with Crippen LogP contribution in [0.3, 0.4) is 0 Å². The third-order valence-electron chi connectivity index (χ3n) is 3.98. The first-order chi connectivity index (χ1) is 12.9. The molecule has 0 aliphatic carbocycles. The predicted octanol–water partition coefficient (Wildman–Crippen LogP) is 3.60. The van der Waals surface area contributed by atoms with Gasteiger partial charge in [-0.3, -0.25) is 0 Å². The number of carbonyl (C=O) groups is 1. The van der Waals surface area contributed by atoms with Crippen LogP contribution in [0.4, 0.5) is 14.6 Å². The average molecular weight is 393 g/mol. The number of aliphatic hydroxyl groups excluding tert-OH is 1. The van der Waals surface area contributed by atoms with Gasteiger partial charge in [0.05, 0.1) is 17.6 Å². The fraction of sp³-hybridized carbons (Fsp3) is 0.278. The van der Waals surface area contributed by atoms with Crippen molar-refractivity contribution < 1.29 is 23.4 Å². The third-order valence-corrected chi connectivity index (χ3v) is 5.16. The summed E-state index contributed by atoms with van der Waals surface area (Å²) in [5.41, 5.74) is 0.229. The standard InChI is InChI=1S/C18H17F2N3O3S/c1-3-26-18(25)15-9(2)13-16(22-8-23-17(13)27-15)21-7-12(24)14-10(19)5-4-6-11(14)20/h4-6,8,12,24H,3,7H2,1-2H3,(H,21,22,23). The lowest BCUT2D eigenvalue weighted by atomic mass is 10.1. The number of esters is 1. The van der Waals surface area contributed by atoms with Crippen molar-refractivity contribution in [1.29, 1.82) is 0 Å². The van der Waals surface area contributed by atoms with Gasteiger partial charge in [0.25, 0.3) is 0 Å². The second-order valence-corrected chi connectivity index (χ2v) is 6.71. The van der Waals surface area contributed by atoms with Crippen LogP contribution in [0.25, 0.3) is 10.2 Å². The first kappa shape index (κ1) is 19.1. The number of hydrogen-bond acceptors (Lipinski definition) is 7. The molecule has 0 saturated heterocycles. The average Bonchev–Trinajstić information content (AvgIpc) is 2.97. The number of nitrogens with zero attached hydrogens (tertiary/aromatic N) is 2. The summed E-state index contributed by atoms with van der Waals surface area (Å²) in [5, 5.41) is 13.7. The number of aromatic nitrogens is 2. The van der Waals surface area contributed by atoms with Crippen LogP contribution in [-0.2, 0) is 4.74 Å². The van der Waals surface area contributed by atoms with Gasteiger partial charge in [0, 0.05) is 6.54 Å². The molecule has 27 heavy (non-hydrogen) atoms. The van der Waals surface area contributed by atoms with Crippen molar-refractivity contribution in [3.05, 3.63) is 52.2 Å². The number of rotatable bonds is 6. The first-order valence-corrected chi connectivity index (χ1v) is 9.02. The van der Waals surface area contributed by atoms with Crippen molar-refractivity contribution in [2.75, 3.05) is 18.5 Å². The molecular formula is C18H17F2N3O3S. The maximum Gasteiger partial charge on any atom is 0.348 e. The summed E-state index contributed by atoms with van der Waals surface area (Å²) in [6.45, 7) is 3.54. The number of fused-ring (bicyclic) bond motifs is 1. The fourth-order valence-corrected chi connectivity index (χ4v) is 3.76. The topological polar surface area (TPSA) is 84.3 Å². The highest BCUT2D eigenvalue weighted by Gasteiger charge is 2.22. The largest absolute Gasteiger partial charge is 0.462 e. The Hall–Kier alpha value is -2.65. The Morgan fingerprint density at radius 3 is 2.70 bits per heavy atom. The molecule has 0 spiro atoms. The molecule has 0 amide bonds. The molecule has 0 bridgehead atoms. The lowest BCUT2D eigenvalue weighted by Gasteiger charge is -2.14. The van der Waals surface area contributed by atoms with Crippen molar-refractivity contribution in [3.63, 3.8) is 0 Å². The van der Waals surface area contributed by atoms with E-state index in [1.165, 1.54) is 23.7 Å². The number of aryl methyl sites for hydroxylation is 1.